The fourth-order valence-electron chi connectivity index (χ4n) is 4.06. The predicted octanol–water partition coefficient (Wildman–Crippen LogP) is 3.70. The van der Waals surface area contributed by atoms with Gasteiger partial charge in [-0.25, -0.2) is 0 Å². The molecule has 2 heterocycles. The number of nitrogens with one attached hydrogen (secondary N) is 2. The van der Waals surface area contributed by atoms with Gasteiger partial charge in [0.05, 0.1) is 11.1 Å². The molecule has 4 rings (SSSR count). The Morgan fingerprint density at radius 3 is 1.14 bits per heavy atom. The van der Waals surface area contributed by atoms with Crippen molar-refractivity contribution in [2.45, 2.75) is 40.5 Å². The fourth-order valence-corrected chi connectivity index (χ4v) is 4.06. The first kappa shape index (κ1) is 26.4. The van der Waals surface area contributed by atoms with Crippen LogP contribution in [-0.2, 0) is 19.2 Å². The van der Waals surface area contributed by atoms with Crippen molar-refractivity contribution in [3.63, 3.8) is 0 Å². The molecule has 8 heteroatoms. The first-order valence-corrected chi connectivity index (χ1v) is 11.7. The van der Waals surface area contributed by atoms with Gasteiger partial charge in [-0.3, -0.25) is 29.8 Å². The minimum atomic E-state index is -0.360. The molecule has 4 N–H and O–H groups in total. The van der Waals surface area contributed by atoms with Crippen molar-refractivity contribution >= 4 is 34.8 Å². The lowest BCUT2D eigenvalue weighted by Gasteiger charge is -2.06. The zero-order valence-corrected chi connectivity index (χ0v) is 20.7. The van der Waals surface area contributed by atoms with Gasteiger partial charge in [0, 0.05) is 11.1 Å². The number of hydrogen-bond donors (Lipinski definition) is 4. The van der Waals surface area contributed by atoms with Crippen LogP contribution in [0.5, 0.6) is 11.5 Å². The molecule has 36 heavy (non-hydrogen) atoms. The predicted molar refractivity (Wildman–Crippen MR) is 135 cm³/mol. The summed E-state index contributed by atoms with van der Waals surface area (Å²) in [5.74, 6) is -0.479. The molecule has 0 saturated carbocycles. The molecular formula is C28H30N2O6. The summed E-state index contributed by atoms with van der Waals surface area (Å²) in [5, 5.41) is 23.1. The lowest BCUT2D eigenvalue weighted by atomic mass is 9.95. The van der Waals surface area contributed by atoms with Crippen molar-refractivity contribution in [1.82, 2.24) is 10.6 Å². The summed E-state index contributed by atoms with van der Waals surface area (Å²) in [6, 6.07) is 12.6. The molecule has 188 valence electrons. The van der Waals surface area contributed by atoms with E-state index in [1.807, 2.05) is 27.7 Å². The molecule has 8 nitrogen and oxygen atoms in total. The van der Waals surface area contributed by atoms with E-state index in [4.69, 9.17) is 0 Å². The van der Waals surface area contributed by atoms with E-state index in [0.29, 0.717) is 58.1 Å². The van der Waals surface area contributed by atoms with Crippen LogP contribution in [0.4, 0.5) is 0 Å². The number of carbonyl (C=O) groups excluding carboxylic acids is 4. The topological polar surface area (TPSA) is 133 Å². The van der Waals surface area contributed by atoms with Crippen molar-refractivity contribution in [2.75, 3.05) is 0 Å². The van der Waals surface area contributed by atoms with Crippen LogP contribution in [0.25, 0.3) is 11.1 Å². The fraction of sp³-hybridized carbons (Fsp3) is 0.286. The van der Waals surface area contributed by atoms with Gasteiger partial charge in [0.25, 0.3) is 23.6 Å². The Balaban J connectivity index is 0.000000201. The Morgan fingerprint density at radius 2 is 0.861 bits per heavy atom. The number of amides is 4. The third-order valence-corrected chi connectivity index (χ3v) is 5.60. The summed E-state index contributed by atoms with van der Waals surface area (Å²) in [7, 11) is 0. The monoisotopic (exact) mass is 490 g/mol. The second-order valence-electron chi connectivity index (χ2n) is 9.56. The molecule has 2 aromatic carbocycles. The summed E-state index contributed by atoms with van der Waals surface area (Å²) in [5.41, 5.74) is 3.22. The van der Waals surface area contributed by atoms with Gasteiger partial charge in [-0.1, -0.05) is 52.0 Å². The van der Waals surface area contributed by atoms with E-state index in [1.54, 1.807) is 24.3 Å². The molecule has 0 atom stereocenters. The van der Waals surface area contributed by atoms with E-state index in [0.717, 1.165) is 0 Å². The smallest absolute Gasteiger partial charge is 0.259 e. The molecule has 0 spiro atoms. The molecule has 0 saturated heterocycles. The SMILES string of the molecule is CC(C)CC1=C(c2ccc(O)cc2)C(=O)NC1=O.CC(C)CC1=C(c2ccc(O)cc2)C(=O)NC1=O. The Morgan fingerprint density at radius 1 is 0.556 bits per heavy atom. The molecule has 0 aromatic heterocycles. The van der Waals surface area contributed by atoms with Crippen LogP contribution in [0.3, 0.4) is 0 Å². The van der Waals surface area contributed by atoms with Crippen LogP contribution < -0.4 is 10.6 Å². The highest BCUT2D eigenvalue weighted by Crippen LogP contribution is 2.30. The van der Waals surface area contributed by atoms with Crippen molar-refractivity contribution in [3.05, 3.63) is 70.8 Å². The van der Waals surface area contributed by atoms with Gasteiger partial charge >= 0.3 is 0 Å². The second kappa shape index (κ2) is 11.0. The molecule has 0 radical (unpaired) electrons. The third kappa shape index (κ3) is 6.07. The van der Waals surface area contributed by atoms with Crippen LogP contribution in [-0.4, -0.2) is 33.8 Å². The lowest BCUT2D eigenvalue weighted by molar-refractivity contribution is -0.125. The number of hydrogen-bond acceptors (Lipinski definition) is 6. The normalized spacial score (nSPS) is 15.5. The highest BCUT2D eigenvalue weighted by Gasteiger charge is 2.32. The minimum absolute atomic E-state index is 0.134. The van der Waals surface area contributed by atoms with E-state index in [-0.39, 0.29) is 35.1 Å². The molecular weight excluding hydrogens is 460 g/mol. The van der Waals surface area contributed by atoms with Gasteiger partial charge in [0.1, 0.15) is 11.5 Å². The lowest BCUT2D eigenvalue weighted by Crippen LogP contribution is -2.23. The summed E-state index contributed by atoms with van der Waals surface area (Å²) < 4.78 is 0. The molecule has 2 aliphatic heterocycles. The third-order valence-electron chi connectivity index (χ3n) is 5.60. The van der Waals surface area contributed by atoms with Crippen molar-refractivity contribution < 1.29 is 29.4 Å². The average Bonchev–Trinajstić information content (AvgIpc) is 3.23. The van der Waals surface area contributed by atoms with Crippen molar-refractivity contribution in [3.8, 4) is 11.5 Å². The molecule has 0 fully saturated rings. The maximum Gasteiger partial charge on any atom is 0.259 e. The highest BCUT2D eigenvalue weighted by molar-refractivity contribution is 6.36. The Hall–Kier alpha value is -4.20. The minimum Gasteiger partial charge on any atom is -0.508 e. The molecule has 0 bridgehead atoms. The van der Waals surface area contributed by atoms with E-state index in [9.17, 15) is 29.4 Å². The number of phenolic OH excluding ortho intramolecular Hbond substituents is 2. The van der Waals surface area contributed by atoms with Crippen molar-refractivity contribution in [1.29, 1.82) is 0 Å². The first-order valence-electron chi connectivity index (χ1n) is 11.7. The highest BCUT2D eigenvalue weighted by atomic mass is 16.3. The summed E-state index contributed by atoms with van der Waals surface area (Å²) in [4.78, 5) is 47.1. The van der Waals surface area contributed by atoms with E-state index in [2.05, 4.69) is 10.6 Å². The summed E-state index contributed by atoms with van der Waals surface area (Å²) >= 11 is 0. The molecule has 0 unspecified atom stereocenters. The largest absolute Gasteiger partial charge is 0.508 e. The number of imide groups is 2. The number of benzene rings is 2. The quantitative estimate of drug-likeness (QED) is 0.457. The number of carbonyl (C=O) groups is 4. The number of aromatic hydroxyl groups is 2. The maximum absolute atomic E-state index is 11.8. The van der Waals surface area contributed by atoms with Gasteiger partial charge in [-0.05, 0) is 60.1 Å². The van der Waals surface area contributed by atoms with Crippen LogP contribution in [0.1, 0.15) is 51.7 Å². The summed E-state index contributed by atoms with van der Waals surface area (Å²) in [6.07, 6.45) is 1.13. The first-order chi connectivity index (χ1) is 17.0. The van der Waals surface area contributed by atoms with Gasteiger partial charge < -0.3 is 10.2 Å². The maximum atomic E-state index is 11.8. The Bertz CT molecular complexity index is 1150. The van der Waals surface area contributed by atoms with E-state index in [1.165, 1.54) is 24.3 Å². The summed E-state index contributed by atoms with van der Waals surface area (Å²) in [6.45, 7) is 7.99. The van der Waals surface area contributed by atoms with Gasteiger partial charge in [-0.15, -0.1) is 0 Å². The molecule has 0 aliphatic carbocycles. The van der Waals surface area contributed by atoms with Crippen LogP contribution >= 0.6 is 0 Å². The van der Waals surface area contributed by atoms with Crippen LogP contribution in [0, 0.1) is 11.8 Å². The molecule has 2 aliphatic rings. The van der Waals surface area contributed by atoms with E-state index < -0.39 is 0 Å². The molecule has 2 aromatic rings. The number of phenols is 2. The second-order valence-corrected chi connectivity index (χ2v) is 9.56. The Labute approximate surface area is 209 Å². The zero-order valence-electron chi connectivity index (χ0n) is 20.7. The van der Waals surface area contributed by atoms with Gasteiger partial charge in [-0.2, -0.15) is 0 Å². The van der Waals surface area contributed by atoms with Crippen LogP contribution in [0.15, 0.2) is 59.7 Å². The average molecular weight is 491 g/mol. The van der Waals surface area contributed by atoms with Gasteiger partial charge in [0.15, 0.2) is 0 Å². The van der Waals surface area contributed by atoms with E-state index >= 15 is 0 Å². The van der Waals surface area contributed by atoms with Gasteiger partial charge in [0.2, 0.25) is 0 Å². The standard InChI is InChI=1S/2C14H15NO3/c2*1-8(2)7-11-12(14(18)15-13(11)17)9-3-5-10(16)6-4-9/h2*3-6,8,16H,7H2,1-2H3,(H,15,17,18). The van der Waals surface area contributed by atoms with Crippen molar-refractivity contribution in [2.24, 2.45) is 11.8 Å². The van der Waals surface area contributed by atoms with Crippen LogP contribution in [0.2, 0.25) is 0 Å². The zero-order chi connectivity index (χ0) is 26.6. The Kier molecular flexibility index (Phi) is 8.09. The number of rotatable bonds is 6. The molecule has 4 amide bonds.